The Bertz CT molecular complexity index is 1210. The zero-order chi connectivity index (χ0) is 19.0. The summed E-state index contributed by atoms with van der Waals surface area (Å²) in [4.78, 5) is 12.8. The maximum absolute atomic E-state index is 12.8. The number of benzene rings is 3. The molecule has 5 nitrogen and oxygen atoms in total. The molecule has 3 aromatic carbocycles. The number of fused-ring (bicyclic) bond motifs is 2. The van der Waals surface area contributed by atoms with Gasteiger partial charge < -0.3 is 18.6 Å². The molecule has 0 aliphatic rings. The molecule has 0 aliphatic heterocycles. The molecule has 0 saturated heterocycles. The molecule has 0 saturated carbocycles. The van der Waals surface area contributed by atoms with Crippen LogP contribution in [0.1, 0.15) is 0 Å². The Morgan fingerprint density at radius 3 is 2.22 bits per heavy atom. The molecular weight excluding hydrogens is 344 g/mol. The van der Waals surface area contributed by atoms with Crippen molar-refractivity contribution in [2.75, 3.05) is 21.3 Å². The predicted octanol–water partition coefficient (Wildman–Crippen LogP) is 4.64. The smallest absolute Gasteiger partial charge is 0.197 e. The average molecular weight is 362 g/mol. The number of methoxy groups -OCH3 is 3. The zero-order valence-electron chi connectivity index (χ0n) is 15.2. The largest absolute Gasteiger partial charge is 0.496 e. The van der Waals surface area contributed by atoms with Gasteiger partial charge in [-0.3, -0.25) is 4.79 Å². The van der Waals surface area contributed by atoms with Gasteiger partial charge in [0.15, 0.2) is 5.43 Å². The van der Waals surface area contributed by atoms with Gasteiger partial charge >= 0.3 is 0 Å². The lowest BCUT2D eigenvalue weighted by Crippen LogP contribution is -2.03. The van der Waals surface area contributed by atoms with E-state index in [4.69, 9.17) is 18.6 Å². The van der Waals surface area contributed by atoms with Gasteiger partial charge in [-0.25, -0.2) is 0 Å². The Labute approximate surface area is 155 Å². The van der Waals surface area contributed by atoms with Crippen LogP contribution in [0.4, 0.5) is 0 Å². The van der Waals surface area contributed by atoms with Crippen LogP contribution in [0.25, 0.3) is 33.1 Å². The fraction of sp³-hybridized carbons (Fsp3) is 0.136. The van der Waals surface area contributed by atoms with E-state index >= 15 is 0 Å². The first-order valence-corrected chi connectivity index (χ1v) is 8.42. The lowest BCUT2D eigenvalue weighted by Gasteiger charge is -2.12. The quantitative estimate of drug-likeness (QED) is 0.529. The van der Waals surface area contributed by atoms with Crippen molar-refractivity contribution in [2.45, 2.75) is 0 Å². The molecule has 0 N–H and O–H groups in total. The van der Waals surface area contributed by atoms with Crippen LogP contribution in [0.5, 0.6) is 17.2 Å². The molecule has 4 rings (SSSR count). The molecule has 5 heteroatoms. The van der Waals surface area contributed by atoms with Crippen LogP contribution in [0, 0.1) is 0 Å². The van der Waals surface area contributed by atoms with Crippen molar-refractivity contribution in [3.63, 3.8) is 0 Å². The van der Waals surface area contributed by atoms with Crippen LogP contribution in [0.15, 0.2) is 63.8 Å². The molecule has 0 bridgehead atoms. The summed E-state index contributed by atoms with van der Waals surface area (Å²) in [6.07, 6.45) is 0. The van der Waals surface area contributed by atoms with E-state index in [2.05, 4.69) is 0 Å². The van der Waals surface area contributed by atoms with Crippen molar-refractivity contribution in [1.82, 2.24) is 0 Å². The monoisotopic (exact) mass is 362 g/mol. The van der Waals surface area contributed by atoms with Crippen molar-refractivity contribution in [3.8, 4) is 28.6 Å². The molecule has 0 amide bonds. The fourth-order valence-electron chi connectivity index (χ4n) is 3.30. The summed E-state index contributed by atoms with van der Waals surface area (Å²) in [6, 6.07) is 16.4. The van der Waals surface area contributed by atoms with E-state index in [9.17, 15) is 4.79 Å². The van der Waals surface area contributed by atoms with Crippen molar-refractivity contribution >= 4 is 21.7 Å². The highest BCUT2D eigenvalue weighted by Gasteiger charge is 2.16. The van der Waals surface area contributed by atoms with E-state index in [0.29, 0.717) is 28.2 Å². The fourth-order valence-corrected chi connectivity index (χ4v) is 3.30. The maximum Gasteiger partial charge on any atom is 0.197 e. The van der Waals surface area contributed by atoms with Gasteiger partial charge in [0.2, 0.25) is 0 Å². The third kappa shape index (κ3) is 2.77. The van der Waals surface area contributed by atoms with Gasteiger partial charge in [0.1, 0.15) is 34.0 Å². The summed E-state index contributed by atoms with van der Waals surface area (Å²) in [6.45, 7) is 0. The van der Waals surface area contributed by atoms with Crippen molar-refractivity contribution < 1.29 is 18.6 Å². The molecule has 0 fully saturated rings. The SMILES string of the molecule is COc1cc(OC)c2c(=O)cc(-c3ccc(OC)c4ccccc34)oc2c1. The van der Waals surface area contributed by atoms with Crippen molar-refractivity contribution in [2.24, 2.45) is 0 Å². The molecule has 0 atom stereocenters. The van der Waals surface area contributed by atoms with E-state index in [0.717, 1.165) is 22.1 Å². The normalized spacial score (nSPS) is 10.9. The Kier molecular flexibility index (Phi) is 4.20. The molecule has 0 unspecified atom stereocenters. The Morgan fingerprint density at radius 1 is 0.778 bits per heavy atom. The highest BCUT2D eigenvalue weighted by Crippen LogP contribution is 2.36. The van der Waals surface area contributed by atoms with Crippen LogP contribution in [0.2, 0.25) is 0 Å². The van der Waals surface area contributed by atoms with Gasteiger partial charge in [-0.2, -0.15) is 0 Å². The summed E-state index contributed by atoms with van der Waals surface area (Å²) in [5.74, 6) is 2.21. The first kappa shape index (κ1) is 17.0. The van der Waals surface area contributed by atoms with Gasteiger partial charge in [-0.05, 0) is 17.5 Å². The molecule has 0 radical (unpaired) electrons. The van der Waals surface area contributed by atoms with E-state index in [1.165, 1.54) is 13.2 Å². The average Bonchev–Trinajstić information content (AvgIpc) is 2.71. The Hall–Kier alpha value is -3.47. The molecule has 1 heterocycles. The van der Waals surface area contributed by atoms with Crippen molar-refractivity contribution in [3.05, 3.63) is 64.8 Å². The summed E-state index contributed by atoms with van der Waals surface area (Å²) < 4.78 is 22.2. The summed E-state index contributed by atoms with van der Waals surface area (Å²) in [5, 5.41) is 2.28. The second kappa shape index (κ2) is 6.68. The number of hydrogen-bond acceptors (Lipinski definition) is 5. The molecule has 0 aliphatic carbocycles. The molecule has 1 aromatic heterocycles. The number of ether oxygens (including phenoxy) is 3. The van der Waals surface area contributed by atoms with E-state index < -0.39 is 0 Å². The molecule has 27 heavy (non-hydrogen) atoms. The molecule has 4 aromatic rings. The van der Waals surface area contributed by atoms with Gasteiger partial charge in [0.05, 0.1) is 21.3 Å². The van der Waals surface area contributed by atoms with Gasteiger partial charge in [-0.1, -0.05) is 24.3 Å². The number of hydrogen-bond donors (Lipinski definition) is 0. The third-order valence-electron chi connectivity index (χ3n) is 4.59. The second-order valence-electron chi connectivity index (χ2n) is 6.04. The van der Waals surface area contributed by atoms with Crippen molar-refractivity contribution in [1.29, 1.82) is 0 Å². The Morgan fingerprint density at radius 2 is 1.52 bits per heavy atom. The van der Waals surface area contributed by atoms with Gasteiger partial charge in [0, 0.05) is 29.1 Å². The van der Waals surface area contributed by atoms with Crippen LogP contribution < -0.4 is 19.6 Å². The van der Waals surface area contributed by atoms with Crippen LogP contribution >= 0.6 is 0 Å². The predicted molar refractivity (Wildman–Crippen MR) is 105 cm³/mol. The lowest BCUT2D eigenvalue weighted by atomic mass is 10.0. The molecule has 136 valence electrons. The van der Waals surface area contributed by atoms with Gasteiger partial charge in [-0.15, -0.1) is 0 Å². The first-order chi connectivity index (χ1) is 13.2. The standard InChI is InChI=1S/C22H18O5/c1-24-13-10-20(26-3)22-17(23)12-19(27-21(22)11-13)16-8-9-18(25-2)15-7-5-4-6-14(15)16/h4-12H,1-3H3. The summed E-state index contributed by atoms with van der Waals surface area (Å²) in [5.41, 5.74) is 1.05. The minimum Gasteiger partial charge on any atom is -0.496 e. The minimum absolute atomic E-state index is 0.175. The zero-order valence-corrected chi connectivity index (χ0v) is 15.2. The summed E-state index contributed by atoms with van der Waals surface area (Å²) in [7, 11) is 4.70. The molecule has 0 spiro atoms. The highest BCUT2D eigenvalue weighted by atomic mass is 16.5. The highest BCUT2D eigenvalue weighted by molar-refractivity contribution is 5.99. The van der Waals surface area contributed by atoms with Crippen LogP contribution in [-0.2, 0) is 0 Å². The minimum atomic E-state index is -0.175. The molecular formula is C22H18O5. The first-order valence-electron chi connectivity index (χ1n) is 8.42. The third-order valence-corrected chi connectivity index (χ3v) is 4.59. The van der Waals surface area contributed by atoms with Crippen LogP contribution in [-0.4, -0.2) is 21.3 Å². The van der Waals surface area contributed by atoms with Gasteiger partial charge in [0.25, 0.3) is 0 Å². The second-order valence-corrected chi connectivity index (χ2v) is 6.04. The maximum atomic E-state index is 12.8. The van der Waals surface area contributed by atoms with E-state index in [-0.39, 0.29) is 5.43 Å². The van der Waals surface area contributed by atoms with E-state index in [1.54, 1.807) is 26.4 Å². The number of rotatable bonds is 4. The summed E-state index contributed by atoms with van der Waals surface area (Å²) >= 11 is 0. The topological polar surface area (TPSA) is 57.9 Å². The lowest BCUT2D eigenvalue weighted by molar-refractivity contribution is 0.396. The van der Waals surface area contributed by atoms with E-state index in [1.807, 2.05) is 36.4 Å². The van der Waals surface area contributed by atoms with Crippen LogP contribution in [0.3, 0.4) is 0 Å². The Balaban J connectivity index is 2.03.